The smallest absolute Gasteiger partial charge is 0.339 e. The van der Waals surface area contributed by atoms with Gasteiger partial charge in [-0.05, 0) is 30.3 Å². The van der Waals surface area contributed by atoms with Crippen LogP contribution in [0.25, 0.3) is 0 Å². The number of fused-ring (bicyclic) bond motifs is 1. The fourth-order valence-corrected chi connectivity index (χ4v) is 3.15. The van der Waals surface area contributed by atoms with E-state index in [-0.39, 0.29) is 12.3 Å². The van der Waals surface area contributed by atoms with Crippen LogP contribution >= 0.6 is 0 Å². The first kappa shape index (κ1) is 16.0. The largest absolute Gasteiger partial charge is 0.440 e. The van der Waals surface area contributed by atoms with Gasteiger partial charge < -0.3 is 10.1 Å². The van der Waals surface area contributed by atoms with Gasteiger partial charge in [-0.25, -0.2) is 4.79 Å². The summed E-state index contributed by atoms with van der Waals surface area (Å²) in [6.07, 6.45) is 1.82. The van der Waals surface area contributed by atoms with Crippen molar-refractivity contribution in [1.29, 1.82) is 0 Å². The summed E-state index contributed by atoms with van der Waals surface area (Å²) in [5.41, 5.74) is 0.900. The molecule has 5 nitrogen and oxygen atoms in total. The zero-order valence-corrected chi connectivity index (χ0v) is 13.9. The lowest BCUT2D eigenvalue weighted by atomic mass is 9.89. The lowest BCUT2D eigenvalue weighted by Crippen LogP contribution is -2.41. The van der Waals surface area contributed by atoms with Crippen molar-refractivity contribution in [3.05, 3.63) is 95.8 Å². The van der Waals surface area contributed by atoms with E-state index in [0.717, 1.165) is 0 Å². The minimum atomic E-state index is -1.45. The first-order valence-electron chi connectivity index (χ1n) is 8.28. The molecule has 2 heterocycles. The molecule has 1 N–H and O–H groups in total. The average molecular weight is 344 g/mol. The van der Waals surface area contributed by atoms with Crippen molar-refractivity contribution < 1.29 is 14.3 Å². The fraction of sp³-hybridized carbons (Fsp3) is 0.0952. The number of nitrogens with one attached hydrogen (secondary N) is 1. The fourth-order valence-electron chi connectivity index (χ4n) is 3.15. The van der Waals surface area contributed by atoms with Gasteiger partial charge in [0.1, 0.15) is 0 Å². The summed E-state index contributed by atoms with van der Waals surface area (Å²) < 4.78 is 5.84. The molecule has 0 bridgehead atoms. The molecule has 0 fully saturated rings. The molecule has 0 saturated carbocycles. The maximum Gasteiger partial charge on any atom is 0.339 e. The number of hydrogen-bond acceptors (Lipinski definition) is 4. The van der Waals surface area contributed by atoms with Gasteiger partial charge in [0.25, 0.3) is 5.91 Å². The highest BCUT2D eigenvalue weighted by molar-refractivity contribution is 6.07. The van der Waals surface area contributed by atoms with Gasteiger partial charge >= 0.3 is 5.97 Å². The molecule has 1 aliphatic rings. The normalized spacial score (nSPS) is 18.1. The van der Waals surface area contributed by atoms with Crippen molar-refractivity contribution in [1.82, 2.24) is 4.98 Å². The number of amides is 1. The van der Waals surface area contributed by atoms with Crippen LogP contribution in [0.4, 0.5) is 5.69 Å². The number of ether oxygens (including phenoxy) is 1. The summed E-state index contributed by atoms with van der Waals surface area (Å²) in [7, 11) is 0. The maximum absolute atomic E-state index is 12.9. The first-order chi connectivity index (χ1) is 12.7. The Kier molecular flexibility index (Phi) is 3.97. The van der Waals surface area contributed by atoms with E-state index in [4.69, 9.17) is 4.74 Å². The molecule has 0 radical (unpaired) electrons. The highest BCUT2D eigenvalue weighted by atomic mass is 16.6. The van der Waals surface area contributed by atoms with Crippen molar-refractivity contribution in [2.24, 2.45) is 0 Å². The van der Waals surface area contributed by atoms with Gasteiger partial charge in [-0.1, -0.05) is 42.5 Å². The summed E-state index contributed by atoms with van der Waals surface area (Å²) in [5, 5.41) is 2.82. The van der Waals surface area contributed by atoms with Gasteiger partial charge in [0.15, 0.2) is 0 Å². The van der Waals surface area contributed by atoms with Crippen molar-refractivity contribution in [3.63, 3.8) is 0 Å². The molecule has 128 valence electrons. The summed E-state index contributed by atoms with van der Waals surface area (Å²) in [5.74, 6) is -0.915. The third-order valence-corrected chi connectivity index (χ3v) is 4.41. The predicted molar refractivity (Wildman–Crippen MR) is 96.5 cm³/mol. The summed E-state index contributed by atoms with van der Waals surface area (Å²) in [6.45, 7) is 0. The van der Waals surface area contributed by atoms with Crippen LogP contribution in [0, 0.1) is 0 Å². The molecule has 3 aromatic rings. The van der Waals surface area contributed by atoms with Crippen LogP contribution in [0.15, 0.2) is 79.0 Å². The molecule has 1 atom stereocenters. The van der Waals surface area contributed by atoms with E-state index in [9.17, 15) is 9.59 Å². The number of benzene rings is 2. The minimum absolute atomic E-state index is 0.162. The molecule has 2 aromatic carbocycles. The maximum atomic E-state index is 12.9. The number of pyridine rings is 1. The van der Waals surface area contributed by atoms with E-state index in [1.165, 1.54) is 0 Å². The second kappa shape index (κ2) is 6.44. The first-order valence-corrected chi connectivity index (χ1v) is 8.28. The Bertz CT molecular complexity index is 957. The third-order valence-electron chi connectivity index (χ3n) is 4.41. The van der Waals surface area contributed by atoms with Crippen LogP contribution in [-0.4, -0.2) is 16.9 Å². The Morgan fingerprint density at radius 1 is 0.962 bits per heavy atom. The highest BCUT2D eigenvalue weighted by Crippen LogP contribution is 2.41. The monoisotopic (exact) mass is 344 g/mol. The Balaban J connectivity index is 1.78. The van der Waals surface area contributed by atoms with E-state index in [2.05, 4.69) is 10.3 Å². The zero-order chi connectivity index (χ0) is 18.0. The molecule has 1 aliphatic heterocycles. The summed E-state index contributed by atoms with van der Waals surface area (Å²) >= 11 is 0. The molecule has 26 heavy (non-hydrogen) atoms. The van der Waals surface area contributed by atoms with Gasteiger partial charge in [0.2, 0.25) is 5.60 Å². The molecule has 1 unspecified atom stereocenters. The zero-order valence-electron chi connectivity index (χ0n) is 13.9. The molecule has 5 heteroatoms. The van der Waals surface area contributed by atoms with Crippen LogP contribution in [-0.2, 0) is 21.6 Å². The standard InChI is InChI=1S/C21H16N2O3/c24-19(15-8-2-1-3-9-15)26-21(14-16-10-6-7-13-22-16)17-11-4-5-12-18(17)23-20(21)25/h1-13H,14H2,(H,23,25). The highest BCUT2D eigenvalue weighted by Gasteiger charge is 2.50. The predicted octanol–water partition coefficient (Wildman–Crippen LogP) is 3.33. The third kappa shape index (κ3) is 2.73. The molecule has 4 rings (SSSR count). The van der Waals surface area contributed by atoms with E-state index in [0.29, 0.717) is 22.5 Å². The number of para-hydroxylation sites is 1. The van der Waals surface area contributed by atoms with E-state index in [1.807, 2.05) is 30.3 Å². The second-order valence-corrected chi connectivity index (χ2v) is 6.08. The Morgan fingerprint density at radius 2 is 1.69 bits per heavy atom. The van der Waals surface area contributed by atoms with Crippen molar-refractivity contribution in [2.45, 2.75) is 12.0 Å². The number of esters is 1. The van der Waals surface area contributed by atoms with Gasteiger partial charge in [-0.15, -0.1) is 0 Å². The van der Waals surface area contributed by atoms with Crippen LogP contribution < -0.4 is 5.32 Å². The lowest BCUT2D eigenvalue weighted by Gasteiger charge is -2.27. The van der Waals surface area contributed by atoms with Crippen LogP contribution in [0.1, 0.15) is 21.6 Å². The number of nitrogens with zero attached hydrogens (tertiary/aromatic N) is 1. The number of carbonyl (C=O) groups is 2. The topological polar surface area (TPSA) is 68.3 Å². The Hall–Kier alpha value is -3.47. The minimum Gasteiger partial charge on any atom is -0.440 e. The van der Waals surface area contributed by atoms with Gasteiger partial charge in [0.05, 0.1) is 5.56 Å². The molecule has 1 aromatic heterocycles. The summed E-state index contributed by atoms with van der Waals surface area (Å²) in [4.78, 5) is 29.9. The molecular formula is C21H16N2O3. The SMILES string of the molecule is O=C(OC1(Cc2ccccn2)C(=O)Nc2ccccc21)c1ccccc1. The number of rotatable bonds is 4. The van der Waals surface area contributed by atoms with E-state index >= 15 is 0 Å². The number of aromatic nitrogens is 1. The molecule has 0 spiro atoms. The summed E-state index contributed by atoms with van der Waals surface area (Å²) in [6, 6.07) is 21.4. The molecule has 1 amide bonds. The number of hydrogen-bond donors (Lipinski definition) is 1. The van der Waals surface area contributed by atoms with E-state index < -0.39 is 11.6 Å². The van der Waals surface area contributed by atoms with Crippen molar-refractivity contribution in [3.8, 4) is 0 Å². The molecular weight excluding hydrogens is 328 g/mol. The molecule has 0 aliphatic carbocycles. The average Bonchev–Trinajstić information content (AvgIpc) is 2.95. The van der Waals surface area contributed by atoms with Crippen LogP contribution in [0.5, 0.6) is 0 Å². The Morgan fingerprint density at radius 3 is 2.46 bits per heavy atom. The second-order valence-electron chi connectivity index (χ2n) is 6.08. The molecule has 0 saturated heterocycles. The number of carbonyl (C=O) groups excluding carboxylic acids is 2. The van der Waals surface area contributed by atoms with E-state index in [1.54, 1.807) is 48.7 Å². The van der Waals surface area contributed by atoms with Crippen molar-refractivity contribution >= 4 is 17.6 Å². The van der Waals surface area contributed by atoms with Crippen LogP contribution in [0.3, 0.4) is 0 Å². The van der Waals surface area contributed by atoms with Gasteiger partial charge in [-0.3, -0.25) is 9.78 Å². The van der Waals surface area contributed by atoms with Crippen LogP contribution in [0.2, 0.25) is 0 Å². The quantitative estimate of drug-likeness (QED) is 0.737. The lowest BCUT2D eigenvalue weighted by molar-refractivity contribution is -0.134. The number of anilines is 1. The van der Waals surface area contributed by atoms with Crippen molar-refractivity contribution in [2.75, 3.05) is 5.32 Å². The van der Waals surface area contributed by atoms with Gasteiger partial charge in [0, 0.05) is 29.6 Å². The Labute approximate surface area is 150 Å². The van der Waals surface area contributed by atoms with Gasteiger partial charge in [-0.2, -0.15) is 0 Å².